The molecule has 1 aliphatic rings. The van der Waals surface area contributed by atoms with Crippen molar-refractivity contribution in [3.8, 4) is 0 Å². The first-order chi connectivity index (χ1) is 2.39. The van der Waals surface area contributed by atoms with Crippen LogP contribution in [0.2, 0.25) is 0 Å². The van der Waals surface area contributed by atoms with Crippen LogP contribution in [0.1, 0.15) is 7.77 Å². The van der Waals surface area contributed by atoms with Gasteiger partial charge in [-0.05, 0) is 6.40 Å². The lowest BCUT2D eigenvalue weighted by Crippen LogP contribution is -2.09. The molecule has 0 saturated carbocycles. The first kappa shape index (κ1) is 1.41. The minimum Gasteiger partial charge on any atom is -0.381 e. The van der Waals surface area contributed by atoms with Crippen LogP contribution in [0.25, 0.3) is 0 Å². The summed E-state index contributed by atoms with van der Waals surface area (Å²) in [6.45, 7) is 1.31. The predicted octanol–water partition coefficient (Wildman–Crippen LogP) is 0.407. The van der Waals surface area contributed by atoms with Gasteiger partial charge < -0.3 is 4.74 Å². The molecule has 0 spiro atoms. The van der Waals surface area contributed by atoms with Crippen LogP contribution in [-0.2, 0) is 4.74 Å². The summed E-state index contributed by atoms with van der Waals surface area (Å²) in [7, 11) is 0. The van der Waals surface area contributed by atoms with Crippen molar-refractivity contribution in [3.05, 3.63) is 0 Å². The molecule has 0 aromatic carbocycles. The molecular formula is C3H6O. The van der Waals surface area contributed by atoms with Gasteiger partial charge in [0.2, 0.25) is 0 Å². The lowest BCUT2D eigenvalue weighted by molar-refractivity contribution is 0.0367. The van der Waals surface area contributed by atoms with Crippen molar-refractivity contribution in [2.24, 2.45) is 0 Å². The summed E-state index contributed by atoms with van der Waals surface area (Å²) in [5.41, 5.74) is 0. The lowest BCUT2D eigenvalue weighted by Gasteiger charge is -2.09. The zero-order valence-electron chi connectivity index (χ0n) is 3.40. The maximum absolute atomic E-state index is 6.79. The van der Waals surface area contributed by atoms with E-state index in [0.717, 1.165) is 0 Å². The first-order valence-corrected chi connectivity index (χ1v) is 1.39. The summed E-state index contributed by atoms with van der Waals surface area (Å²) in [5.74, 6) is 0. The predicted molar refractivity (Wildman–Crippen MR) is 15.4 cm³/mol. The van der Waals surface area contributed by atoms with E-state index in [1.165, 1.54) is 0 Å². The van der Waals surface area contributed by atoms with Gasteiger partial charge in [-0.1, -0.05) is 0 Å². The van der Waals surface area contributed by atoms with Crippen LogP contribution in [0.15, 0.2) is 0 Å². The average molecular weight is 59.1 g/mol. The molecule has 0 bridgehead atoms. The molecule has 1 aliphatic heterocycles. The molecule has 1 heterocycles. The topological polar surface area (TPSA) is 9.23 Å². The Hall–Kier alpha value is -0.0400. The third-order valence-corrected chi connectivity index (χ3v) is 0.471. The van der Waals surface area contributed by atoms with E-state index >= 15 is 0 Å². The normalized spacial score (nSPS) is 32.5. The maximum atomic E-state index is 6.79. The number of hydrogen-bond acceptors (Lipinski definition) is 1. The summed E-state index contributed by atoms with van der Waals surface area (Å²) in [4.78, 5) is 0. The number of hydrogen-bond donors (Lipinski definition) is 0. The Morgan fingerprint density at radius 2 is 2.25 bits per heavy atom. The van der Waals surface area contributed by atoms with Gasteiger partial charge in [-0.25, -0.2) is 0 Å². The van der Waals surface area contributed by atoms with Crippen molar-refractivity contribution in [2.45, 2.75) is 6.40 Å². The van der Waals surface area contributed by atoms with E-state index in [-0.39, 0.29) is 6.40 Å². The van der Waals surface area contributed by atoms with Crippen molar-refractivity contribution in [1.29, 1.82) is 0 Å². The van der Waals surface area contributed by atoms with Crippen LogP contribution in [0.5, 0.6) is 0 Å². The fourth-order valence-corrected chi connectivity index (χ4v) is 0.118. The first-order valence-electron chi connectivity index (χ1n) is 1.97. The summed E-state index contributed by atoms with van der Waals surface area (Å²) in [6.07, 6.45) is 0.0926. The molecule has 0 N–H and O–H groups in total. The lowest BCUT2D eigenvalue weighted by atomic mass is 10.4. The molecule has 1 nitrogen and oxygen atoms in total. The molecule has 24 valence electrons. The summed E-state index contributed by atoms with van der Waals surface area (Å²) < 4.78 is 11.4. The van der Waals surface area contributed by atoms with Gasteiger partial charge in [0, 0.05) is 14.6 Å². The second-order valence-corrected chi connectivity index (χ2v) is 0.826. The van der Waals surface area contributed by atoms with Crippen molar-refractivity contribution >= 4 is 0 Å². The van der Waals surface area contributed by atoms with Gasteiger partial charge in [-0.3, -0.25) is 0 Å². The van der Waals surface area contributed by atoms with Gasteiger partial charge >= 0.3 is 0 Å². The van der Waals surface area contributed by atoms with Gasteiger partial charge in [0.05, 0.1) is 0 Å². The van der Waals surface area contributed by atoms with E-state index in [2.05, 4.69) is 4.74 Å². The maximum Gasteiger partial charge on any atom is 0.0488 e. The Labute approximate surface area is 27.0 Å². The van der Waals surface area contributed by atoms with Crippen molar-refractivity contribution in [2.75, 3.05) is 13.2 Å². The molecule has 0 atom stereocenters. The van der Waals surface area contributed by atoms with Gasteiger partial charge in [-0.2, -0.15) is 0 Å². The molecule has 1 fully saturated rings. The number of ether oxygens (including phenoxy) is 1. The zero-order valence-corrected chi connectivity index (χ0v) is 2.40. The SMILES string of the molecule is [2H]C1COC1. The average Bonchev–Trinajstić information content (AvgIpc) is 1.30. The van der Waals surface area contributed by atoms with Crippen molar-refractivity contribution in [3.63, 3.8) is 0 Å². The third kappa shape index (κ3) is 0.115. The minimum atomic E-state index is 0.0926. The fourth-order valence-electron chi connectivity index (χ4n) is 0.118. The highest BCUT2D eigenvalue weighted by Crippen LogP contribution is 1.92. The largest absolute Gasteiger partial charge is 0.381 e. The minimum absolute atomic E-state index is 0.0926. The highest BCUT2D eigenvalue weighted by atomic mass is 16.5. The molecule has 0 amide bonds. The van der Waals surface area contributed by atoms with Gasteiger partial charge in [0.25, 0.3) is 0 Å². The van der Waals surface area contributed by atoms with Crippen LogP contribution in [0.3, 0.4) is 0 Å². The second kappa shape index (κ2) is 0.725. The fraction of sp³-hybridized carbons (Fsp3) is 1.00. The van der Waals surface area contributed by atoms with E-state index in [4.69, 9.17) is 1.37 Å². The van der Waals surface area contributed by atoms with E-state index in [0.29, 0.717) is 13.2 Å². The number of rotatable bonds is 0. The van der Waals surface area contributed by atoms with Gasteiger partial charge in [-0.15, -0.1) is 0 Å². The highest BCUT2D eigenvalue weighted by molar-refractivity contribution is 4.41. The second-order valence-electron chi connectivity index (χ2n) is 0.826. The smallest absolute Gasteiger partial charge is 0.0488 e. The molecule has 0 unspecified atom stereocenters. The summed E-state index contributed by atoms with van der Waals surface area (Å²) in [6, 6.07) is 0. The molecule has 4 heavy (non-hydrogen) atoms. The van der Waals surface area contributed by atoms with E-state index < -0.39 is 0 Å². The molecule has 0 radical (unpaired) electrons. The van der Waals surface area contributed by atoms with Crippen LogP contribution < -0.4 is 0 Å². The van der Waals surface area contributed by atoms with Gasteiger partial charge in [0.1, 0.15) is 0 Å². The van der Waals surface area contributed by atoms with E-state index in [9.17, 15) is 0 Å². The van der Waals surface area contributed by atoms with Crippen LogP contribution in [0, 0.1) is 0 Å². The van der Waals surface area contributed by atoms with Crippen molar-refractivity contribution < 1.29 is 6.11 Å². The molecule has 0 aromatic rings. The molecule has 1 heteroatoms. The summed E-state index contributed by atoms with van der Waals surface area (Å²) in [5, 5.41) is 0. The van der Waals surface area contributed by atoms with Crippen molar-refractivity contribution in [1.82, 2.24) is 0 Å². The van der Waals surface area contributed by atoms with Crippen LogP contribution in [0.4, 0.5) is 0 Å². The Morgan fingerprint density at radius 1 is 1.75 bits per heavy atom. The Bertz CT molecular complexity index is 33.9. The summed E-state index contributed by atoms with van der Waals surface area (Å²) >= 11 is 0. The zero-order chi connectivity index (χ0) is 3.70. The van der Waals surface area contributed by atoms with E-state index in [1.807, 2.05) is 0 Å². The van der Waals surface area contributed by atoms with E-state index in [1.54, 1.807) is 0 Å². The standard InChI is InChI=1S/C3H6O/c1-2-4-3-1/h1-3H2/i1D. The molecule has 0 aromatic heterocycles. The Kier molecular flexibility index (Phi) is 0.256. The molecule has 1 rings (SSSR count). The molecule has 0 aliphatic carbocycles. The Balaban J connectivity index is 2.08. The Morgan fingerprint density at radius 3 is 2.25 bits per heavy atom. The van der Waals surface area contributed by atoms with Crippen LogP contribution >= 0.6 is 0 Å². The molecular weight excluding hydrogens is 52.0 g/mol. The van der Waals surface area contributed by atoms with Crippen LogP contribution in [-0.4, -0.2) is 13.2 Å². The quantitative estimate of drug-likeness (QED) is 0.392. The monoisotopic (exact) mass is 59.0 g/mol. The molecule has 1 saturated heterocycles. The highest BCUT2D eigenvalue weighted by Gasteiger charge is 1.94. The third-order valence-electron chi connectivity index (χ3n) is 0.471. The van der Waals surface area contributed by atoms with Gasteiger partial charge in [0.15, 0.2) is 0 Å².